The number of rotatable bonds is 11. The van der Waals surface area contributed by atoms with E-state index in [1.807, 2.05) is 4.72 Å². The van der Waals surface area contributed by atoms with Crippen molar-refractivity contribution in [2.24, 2.45) is 0 Å². The number of esters is 1. The molecule has 0 unspecified atom stereocenters. The summed E-state index contributed by atoms with van der Waals surface area (Å²) in [6.07, 6.45) is 0. The van der Waals surface area contributed by atoms with Gasteiger partial charge >= 0.3 is 32.4 Å². The molecule has 21 heteroatoms. The molecule has 0 atom stereocenters. The summed E-state index contributed by atoms with van der Waals surface area (Å²) < 4.78 is 67.0. The highest BCUT2D eigenvalue weighted by Crippen LogP contribution is 2.34. The number of phenolic OH excluding ortho intramolecular Hbond substituents is 2. The third-order valence-electron chi connectivity index (χ3n) is 5.91. The first-order valence-corrected chi connectivity index (χ1v) is 19.8. The van der Waals surface area contributed by atoms with Crippen molar-refractivity contribution >= 4 is 63.6 Å². The Hall–Kier alpha value is -4.76. The molecule has 2 heterocycles. The maximum absolute atomic E-state index is 11.8. The van der Waals surface area contributed by atoms with Gasteiger partial charge in [0.05, 0.1) is 18.0 Å². The third-order valence-corrected chi connectivity index (χ3v) is 10.4. The number of carboxylic acid groups (broad SMARTS) is 1. The molecule has 0 aromatic heterocycles. The summed E-state index contributed by atoms with van der Waals surface area (Å²) in [6.45, 7) is 5.08. The zero-order valence-electron chi connectivity index (χ0n) is 24.8. The van der Waals surface area contributed by atoms with Gasteiger partial charge in [0.2, 0.25) is 0 Å². The van der Waals surface area contributed by atoms with Crippen molar-refractivity contribution in [3.63, 3.8) is 0 Å². The lowest BCUT2D eigenvalue weighted by atomic mass is 10.2. The SMILES string of the molecule is C[Si](C)(C)CCOC(=O)COc1ccc(N2CC(=O)NS2(=O)=O)c(O)c1.O=C(O)COc1ccc(N2CC(=O)NS2(=O)=O)c(O)c1. The molecule has 2 fully saturated rings. The molecular weight excluding hydrogens is 673 g/mol. The van der Waals surface area contributed by atoms with Gasteiger partial charge in [0.1, 0.15) is 36.1 Å². The van der Waals surface area contributed by atoms with Gasteiger partial charge in [0, 0.05) is 20.2 Å². The van der Waals surface area contributed by atoms with E-state index >= 15 is 0 Å². The minimum absolute atomic E-state index is 0.0598. The van der Waals surface area contributed by atoms with Crippen LogP contribution in [0.4, 0.5) is 11.4 Å². The van der Waals surface area contributed by atoms with Crippen molar-refractivity contribution in [3.05, 3.63) is 36.4 Å². The monoisotopic (exact) mass is 704 g/mol. The summed E-state index contributed by atoms with van der Waals surface area (Å²) in [5, 5.41) is 28.2. The smallest absolute Gasteiger partial charge is 0.344 e. The zero-order chi connectivity index (χ0) is 34.4. The topological polar surface area (TPSA) is 255 Å². The predicted molar refractivity (Wildman–Crippen MR) is 163 cm³/mol. The second kappa shape index (κ2) is 14.1. The molecule has 2 amide bonds. The number of amides is 2. The molecule has 0 aliphatic carbocycles. The number of nitrogens with one attached hydrogen (secondary N) is 2. The van der Waals surface area contributed by atoms with Crippen LogP contribution in [0, 0.1) is 0 Å². The minimum atomic E-state index is -4.01. The van der Waals surface area contributed by atoms with Gasteiger partial charge in [-0.05, 0) is 30.3 Å². The molecule has 2 aromatic carbocycles. The van der Waals surface area contributed by atoms with Crippen LogP contribution >= 0.6 is 0 Å². The molecular formula is C25H32N4O14S2Si. The average molecular weight is 705 g/mol. The van der Waals surface area contributed by atoms with E-state index in [4.69, 9.17) is 19.3 Å². The van der Waals surface area contributed by atoms with Crippen molar-refractivity contribution < 1.29 is 65.5 Å². The van der Waals surface area contributed by atoms with Crippen LogP contribution in [0.5, 0.6) is 23.0 Å². The van der Waals surface area contributed by atoms with Crippen molar-refractivity contribution in [1.82, 2.24) is 9.44 Å². The van der Waals surface area contributed by atoms with Crippen LogP contribution in [0.1, 0.15) is 0 Å². The number of benzene rings is 2. The third kappa shape index (κ3) is 9.87. The van der Waals surface area contributed by atoms with Crippen molar-refractivity contribution in [2.45, 2.75) is 25.7 Å². The highest BCUT2D eigenvalue weighted by molar-refractivity contribution is 7.92. The molecule has 252 valence electrons. The number of carbonyl (C=O) groups excluding carboxylic acids is 3. The van der Waals surface area contributed by atoms with Gasteiger partial charge < -0.3 is 29.5 Å². The number of aromatic hydroxyl groups is 2. The zero-order valence-corrected chi connectivity index (χ0v) is 27.4. The first kappa shape index (κ1) is 35.7. The maximum atomic E-state index is 11.8. The summed E-state index contributed by atoms with van der Waals surface area (Å²) in [4.78, 5) is 44.3. The lowest BCUT2D eigenvalue weighted by Gasteiger charge is -2.17. The number of hydrogen-bond donors (Lipinski definition) is 5. The Bertz CT molecular complexity index is 1730. The summed E-state index contributed by atoms with van der Waals surface area (Å²) >= 11 is 0. The van der Waals surface area contributed by atoms with Gasteiger partial charge in [-0.1, -0.05) is 19.6 Å². The molecule has 0 spiro atoms. The quantitative estimate of drug-likeness (QED) is 0.151. The lowest BCUT2D eigenvalue weighted by Crippen LogP contribution is -2.29. The molecule has 2 saturated heterocycles. The Morgan fingerprint density at radius 2 is 1.24 bits per heavy atom. The lowest BCUT2D eigenvalue weighted by molar-refractivity contribution is -0.145. The standard InChI is InChI=1S/C15H22N2O7SSi.C10H10N2O7S/c1-26(2,3)7-6-23-15(20)10-24-11-4-5-12(13(18)8-11)17-9-14(19)16-25(17,21)22;13-8-3-6(19-5-10(15)16)1-2-7(8)12-4-9(14)11-20(12,17)18/h4-5,8,18H,6-7,9-10H2,1-3H3,(H,16,19);1-3,13H,4-5H2,(H,11,14)(H,15,16). The Kier molecular flexibility index (Phi) is 11.0. The first-order valence-electron chi connectivity index (χ1n) is 13.2. The largest absolute Gasteiger partial charge is 0.506 e. The number of carboxylic acids is 1. The Morgan fingerprint density at radius 1 is 0.804 bits per heavy atom. The number of carbonyl (C=O) groups is 4. The van der Waals surface area contributed by atoms with E-state index in [1.165, 1.54) is 30.3 Å². The van der Waals surface area contributed by atoms with Crippen LogP contribution in [0.25, 0.3) is 0 Å². The molecule has 0 bridgehead atoms. The van der Waals surface area contributed by atoms with Gasteiger partial charge in [0.15, 0.2) is 13.2 Å². The number of ether oxygens (including phenoxy) is 3. The normalized spacial score (nSPS) is 16.5. The molecule has 46 heavy (non-hydrogen) atoms. The summed E-state index contributed by atoms with van der Waals surface area (Å²) in [5.74, 6) is -3.73. The van der Waals surface area contributed by atoms with Crippen LogP contribution < -0.4 is 27.5 Å². The fourth-order valence-electron chi connectivity index (χ4n) is 3.73. The Labute approximate surface area is 264 Å². The number of aliphatic carboxylic acids is 1. The predicted octanol–water partition coefficient (Wildman–Crippen LogP) is -0.130. The first-order chi connectivity index (χ1) is 21.3. The highest BCUT2D eigenvalue weighted by Gasteiger charge is 2.36. The maximum Gasteiger partial charge on any atom is 0.344 e. The van der Waals surface area contributed by atoms with Gasteiger partial charge in [-0.15, -0.1) is 0 Å². The van der Waals surface area contributed by atoms with E-state index in [9.17, 15) is 46.2 Å². The van der Waals surface area contributed by atoms with Crippen molar-refractivity contribution in [2.75, 3.05) is 41.5 Å². The molecule has 2 aliphatic heterocycles. The van der Waals surface area contributed by atoms with E-state index in [1.54, 1.807) is 4.72 Å². The van der Waals surface area contributed by atoms with E-state index in [0.29, 0.717) is 10.9 Å². The molecule has 2 aromatic rings. The Balaban J connectivity index is 0.000000259. The number of hydrogen-bond acceptors (Lipinski definition) is 13. The van der Waals surface area contributed by atoms with Gasteiger partial charge in [-0.25, -0.2) is 27.6 Å². The van der Waals surface area contributed by atoms with Gasteiger partial charge in [-0.2, -0.15) is 16.8 Å². The van der Waals surface area contributed by atoms with E-state index in [-0.39, 0.29) is 29.5 Å². The summed E-state index contributed by atoms with van der Waals surface area (Å²) in [6, 6.07) is 8.27. The van der Waals surface area contributed by atoms with Gasteiger partial charge in [0.25, 0.3) is 11.8 Å². The molecule has 0 saturated carbocycles. The van der Waals surface area contributed by atoms with Crippen LogP contribution in [0.15, 0.2) is 36.4 Å². The molecule has 4 rings (SSSR count). The Morgan fingerprint density at radius 3 is 1.59 bits per heavy atom. The number of nitrogens with zero attached hydrogens (tertiary/aromatic N) is 2. The highest BCUT2D eigenvalue weighted by atomic mass is 32.2. The fourth-order valence-corrected chi connectivity index (χ4v) is 6.77. The molecule has 18 nitrogen and oxygen atoms in total. The van der Waals surface area contributed by atoms with E-state index < -0.39 is 83.4 Å². The second-order valence-electron chi connectivity index (χ2n) is 10.9. The van der Waals surface area contributed by atoms with Crippen LogP contribution in [-0.2, 0) is 44.3 Å². The second-order valence-corrected chi connectivity index (χ2v) is 19.7. The molecule has 5 N–H and O–H groups in total. The van der Waals surface area contributed by atoms with Crippen LogP contribution in [0.3, 0.4) is 0 Å². The van der Waals surface area contributed by atoms with E-state index in [2.05, 4.69) is 19.6 Å². The van der Waals surface area contributed by atoms with Crippen LogP contribution in [0.2, 0.25) is 25.7 Å². The summed E-state index contributed by atoms with van der Waals surface area (Å²) in [7, 11) is -9.31. The minimum Gasteiger partial charge on any atom is -0.506 e. The molecule has 2 aliphatic rings. The number of anilines is 2. The molecule has 0 radical (unpaired) electrons. The van der Waals surface area contributed by atoms with Crippen molar-refractivity contribution in [1.29, 1.82) is 0 Å². The van der Waals surface area contributed by atoms with Gasteiger partial charge in [-0.3, -0.25) is 9.59 Å². The fraction of sp³-hybridized carbons (Fsp3) is 0.360. The van der Waals surface area contributed by atoms with Crippen molar-refractivity contribution in [3.8, 4) is 23.0 Å². The number of phenols is 2. The average Bonchev–Trinajstić information content (AvgIpc) is 3.36. The summed E-state index contributed by atoms with van der Waals surface area (Å²) in [5.41, 5.74) is -0.167. The van der Waals surface area contributed by atoms with Crippen LogP contribution in [-0.4, -0.2) is 96.9 Å². The van der Waals surface area contributed by atoms with E-state index in [0.717, 1.165) is 16.4 Å².